The zero-order valence-electron chi connectivity index (χ0n) is 13.6. The SMILES string of the molecule is C[C@H](NC(=O)C1=NCC(=O)N(c2ccccc2)N1)c1ccccc1F. The molecule has 3 rings (SSSR count). The Kier molecular flexibility index (Phi) is 4.74. The molecule has 1 heterocycles. The summed E-state index contributed by atoms with van der Waals surface area (Å²) in [6, 6.07) is 14.6. The van der Waals surface area contributed by atoms with Crippen molar-refractivity contribution in [3.8, 4) is 0 Å². The number of amidine groups is 1. The average molecular weight is 340 g/mol. The van der Waals surface area contributed by atoms with Crippen LogP contribution in [0.2, 0.25) is 0 Å². The Morgan fingerprint density at radius 2 is 1.88 bits per heavy atom. The van der Waals surface area contributed by atoms with Gasteiger partial charge in [0.05, 0.1) is 11.7 Å². The van der Waals surface area contributed by atoms with Gasteiger partial charge >= 0.3 is 0 Å². The first-order valence-electron chi connectivity index (χ1n) is 7.80. The summed E-state index contributed by atoms with van der Waals surface area (Å²) >= 11 is 0. The van der Waals surface area contributed by atoms with Gasteiger partial charge in [-0.15, -0.1) is 0 Å². The van der Waals surface area contributed by atoms with Crippen molar-refractivity contribution in [3.05, 3.63) is 66.0 Å². The standard InChI is InChI=1S/C18H17FN4O2/c1-12(14-9-5-6-10-15(14)19)21-18(25)17-20-11-16(24)23(22-17)13-7-3-2-4-8-13/h2-10,12H,11H2,1H3,(H,20,22)(H,21,25)/t12-/m0/s1. The fourth-order valence-corrected chi connectivity index (χ4v) is 2.50. The summed E-state index contributed by atoms with van der Waals surface area (Å²) in [6.07, 6.45) is 0. The molecule has 128 valence electrons. The molecule has 0 saturated carbocycles. The number of carbonyl (C=O) groups is 2. The average Bonchev–Trinajstić information content (AvgIpc) is 2.63. The van der Waals surface area contributed by atoms with Gasteiger partial charge in [0.15, 0.2) is 0 Å². The van der Waals surface area contributed by atoms with Crippen LogP contribution in [0.5, 0.6) is 0 Å². The Hall–Kier alpha value is -3.22. The maximum Gasteiger partial charge on any atom is 0.288 e. The molecule has 25 heavy (non-hydrogen) atoms. The third-order valence-corrected chi connectivity index (χ3v) is 3.79. The van der Waals surface area contributed by atoms with E-state index < -0.39 is 17.8 Å². The molecular weight excluding hydrogens is 323 g/mol. The highest BCUT2D eigenvalue weighted by atomic mass is 19.1. The molecule has 0 radical (unpaired) electrons. The van der Waals surface area contributed by atoms with E-state index in [4.69, 9.17) is 0 Å². The molecule has 2 aromatic rings. The van der Waals surface area contributed by atoms with Crippen molar-refractivity contribution in [2.75, 3.05) is 11.6 Å². The Labute approximate surface area is 144 Å². The lowest BCUT2D eigenvalue weighted by Gasteiger charge is -2.28. The first kappa shape index (κ1) is 16.6. The van der Waals surface area contributed by atoms with E-state index in [0.29, 0.717) is 11.3 Å². The van der Waals surface area contributed by atoms with Gasteiger partial charge in [-0.2, -0.15) is 0 Å². The lowest BCUT2D eigenvalue weighted by atomic mass is 10.1. The van der Waals surface area contributed by atoms with Gasteiger partial charge in [-0.05, 0) is 25.1 Å². The number of aliphatic imine (C=N–C) groups is 1. The van der Waals surface area contributed by atoms with E-state index in [1.807, 2.05) is 6.07 Å². The van der Waals surface area contributed by atoms with Crippen molar-refractivity contribution < 1.29 is 14.0 Å². The number of hydrazine groups is 1. The highest BCUT2D eigenvalue weighted by molar-refractivity contribution is 6.39. The Balaban J connectivity index is 1.72. The van der Waals surface area contributed by atoms with Gasteiger partial charge in [0.25, 0.3) is 11.8 Å². The molecule has 7 heteroatoms. The van der Waals surface area contributed by atoms with Crippen LogP contribution in [0.15, 0.2) is 59.6 Å². The molecule has 1 aliphatic rings. The molecule has 1 atom stereocenters. The van der Waals surface area contributed by atoms with E-state index in [-0.39, 0.29) is 18.3 Å². The van der Waals surface area contributed by atoms with E-state index >= 15 is 0 Å². The summed E-state index contributed by atoms with van der Waals surface area (Å²) in [5.41, 5.74) is 3.70. The normalized spacial score (nSPS) is 15.2. The van der Waals surface area contributed by atoms with Crippen LogP contribution in [-0.4, -0.2) is 24.2 Å². The van der Waals surface area contributed by atoms with Gasteiger partial charge in [-0.1, -0.05) is 36.4 Å². The van der Waals surface area contributed by atoms with Crippen molar-refractivity contribution >= 4 is 23.3 Å². The number of nitrogens with zero attached hydrogens (tertiary/aromatic N) is 2. The van der Waals surface area contributed by atoms with Crippen molar-refractivity contribution in [2.45, 2.75) is 13.0 Å². The fraction of sp³-hybridized carbons (Fsp3) is 0.167. The molecular formula is C18H17FN4O2. The zero-order chi connectivity index (χ0) is 17.8. The summed E-state index contributed by atoms with van der Waals surface area (Å²) in [7, 11) is 0. The number of benzene rings is 2. The van der Waals surface area contributed by atoms with E-state index in [2.05, 4.69) is 15.7 Å². The lowest BCUT2D eigenvalue weighted by Crippen LogP contribution is -2.56. The van der Waals surface area contributed by atoms with Crippen LogP contribution >= 0.6 is 0 Å². The van der Waals surface area contributed by atoms with E-state index in [9.17, 15) is 14.0 Å². The first-order chi connectivity index (χ1) is 12.1. The van der Waals surface area contributed by atoms with Gasteiger partial charge in [0.2, 0.25) is 5.84 Å². The van der Waals surface area contributed by atoms with E-state index in [0.717, 1.165) is 0 Å². The van der Waals surface area contributed by atoms with Gasteiger partial charge < -0.3 is 5.32 Å². The zero-order valence-corrected chi connectivity index (χ0v) is 13.6. The topological polar surface area (TPSA) is 73.8 Å². The monoisotopic (exact) mass is 340 g/mol. The number of hydrogen-bond donors (Lipinski definition) is 2. The fourth-order valence-electron chi connectivity index (χ4n) is 2.50. The summed E-state index contributed by atoms with van der Waals surface area (Å²) in [4.78, 5) is 28.4. The van der Waals surface area contributed by atoms with Crippen LogP contribution in [0.25, 0.3) is 0 Å². The third-order valence-electron chi connectivity index (χ3n) is 3.79. The summed E-state index contributed by atoms with van der Waals surface area (Å²) in [5, 5.41) is 3.96. The van der Waals surface area contributed by atoms with Crippen molar-refractivity contribution in [1.29, 1.82) is 0 Å². The second kappa shape index (κ2) is 7.12. The smallest absolute Gasteiger partial charge is 0.288 e. The van der Waals surface area contributed by atoms with Crippen LogP contribution in [0.3, 0.4) is 0 Å². The molecule has 6 nitrogen and oxygen atoms in total. The predicted molar refractivity (Wildman–Crippen MR) is 92.3 cm³/mol. The van der Waals surface area contributed by atoms with Crippen molar-refractivity contribution in [1.82, 2.24) is 10.7 Å². The molecule has 1 aliphatic heterocycles. The predicted octanol–water partition coefficient (Wildman–Crippen LogP) is 1.95. The maximum absolute atomic E-state index is 13.8. The van der Waals surface area contributed by atoms with Crippen LogP contribution in [0.1, 0.15) is 18.5 Å². The third kappa shape index (κ3) is 3.65. The maximum atomic E-state index is 13.8. The number of para-hydroxylation sites is 1. The van der Waals surface area contributed by atoms with Gasteiger partial charge in [-0.3, -0.25) is 20.0 Å². The Bertz CT molecular complexity index is 823. The number of rotatable bonds is 4. The molecule has 0 bridgehead atoms. The second-order valence-electron chi connectivity index (χ2n) is 5.56. The lowest BCUT2D eigenvalue weighted by molar-refractivity contribution is -0.118. The summed E-state index contributed by atoms with van der Waals surface area (Å²) in [5.74, 6) is -1.17. The van der Waals surface area contributed by atoms with Gasteiger partial charge in [-0.25, -0.2) is 9.40 Å². The van der Waals surface area contributed by atoms with Crippen LogP contribution in [0.4, 0.5) is 10.1 Å². The summed E-state index contributed by atoms with van der Waals surface area (Å²) < 4.78 is 13.8. The second-order valence-corrected chi connectivity index (χ2v) is 5.56. The van der Waals surface area contributed by atoms with Crippen LogP contribution in [-0.2, 0) is 9.59 Å². The number of amides is 2. The van der Waals surface area contributed by atoms with Gasteiger partial charge in [0.1, 0.15) is 12.4 Å². The largest absolute Gasteiger partial charge is 0.343 e. The number of hydrogen-bond acceptors (Lipinski definition) is 4. The Morgan fingerprint density at radius 1 is 1.20 bits per heavy atom. The van der Waals surface area contributed by atoms with Crippen molar-refractivity contribution in [3.63, 3.8) is 0 Å². The number of nitrogens with one attached hydrogen (secondary N) is 2. The number of carbonyl (C=O) groups excluding carboxylic acids is 2. The van der Waals surface area contributed by atoms with Crippen LogP contribution < -0.4 is 15.8 Å². The number of anilines is 1. The molecule has 2 aromatic carbocycles. The highest BCUT2D eigenvalue weighted by Gasteiger charge is 2.26. The Morgan fingerprint density at radius 3 is 2.60 bits per heavy atom. The molecule has 0 unspecified atom stereocenters. The minimum Gasteiger partial charge on any atom is -0.343 e. The molecule has 0 aromatic heterocycles. The minimum absolute atomic E-state index is 0.00615. The molecule has 0 aliphatic carbocycles. The molecule has 2 amide bonds. The molecule has 0 fully saturated rings. The number of halogens is 1. The van der Waals surface area contributed by atoms with E-state index in [1.54, 1.807) is 49.4 Å². The first-order valence-corrected chi connectivity index (χ1v) is 7.80. The summed E-state index contributed by atoms with van der Waals surface area (Å²) in [6.45, 7) is 1.54. The van der Waals surface area contributed by atoms with Gasteiger partial charge in [0, 0.05) is 5.56 Å². The molecule has 0 spiro atoms. The van der Waals surface area contributed by atoms with Crippen molar-refractivity contribution in [2.24, 2.45) is 4.99 Å². The molecule has 2 N–H and O–H groups in total. The quantitative estimate of drug-likeness (QED) is 0.893. The highest BCUT2D eigenvalue weighted by Crippen LogP contribution is 2.16. The van der Waals surface area contributed by atoms with Crippen LogP contribution in [0, 0.1) is 5.82 Å². The van der Waals surface area contributed by atoms with E-state index in [1.165, 1.54) is 11.1 Å². The molecule has 0 saturated heterocycles. The minimum atomic E-state index is -0.541.